The monoisotopic (exact) mass is 391 g/mol. The van der Waals surface area contributed by atoms with E-state index in [0.717, 1.165) is 24.8 Å². The molecule has 0 saturated heterocycles. The van der Waals surface area contributed by atoms with Gasteiger partial charge < -0.3 is 10.2 Å². The number of nitrogens with zero attached hydrogens (tertiary/aromatic N) is 2. The quantitative estimate of drug-likeness (QED) is 0.680. The number of nitrogens with one attached hydrogen (secondary N) is 1. The second-order valence-electron chi connectivity index (χ2n) is 7.35. The van der Waals surface area contributed by atoms with Crippen LogP contribution in [0, 0.1) is 0 Å². The lowest BCUT2D eigenvalue weighted by Crippen LogP contribution is -2.31. The van der Waals surface area contributed by atoms with Crippen LogP contribution < -0.4 is 5.32 Å². The highest BCUT2D eigenvalue weighted by Crippen LogP contribution is 2.19. The van der Waals surface area contributed by atoms with Gasteiger partial charge in [-0.15, -0.1) is 0 Å². The molecule has 1 aromatic carbocycles. The molecule has 3 rings (SSSR count). The summed E-state index contributed by atoms with van der Waals surface area (Å²) in [5, 5.41) is 2.96. The zero-order valence-corrected chi connectivity index (χ0v) is 17.1. The summed E-state index contributed by atoms with van der Waals surface area (Å²) in [6.45, 7) is 3.65. The molecule has 1 N–H and O–H groups in total. The Bertz CT molecular complexity index is 861. The first kappa shape index (κ1) is 20.8. The Morgan fingerprint density at radius 3 is 2.69 bits per heavy atom. The summed E-state index contributed by atoms with van der Waals surface area (Å²) in [6, 6.07) is 13.1. The molecular formula is C24H29N3O2. The maximum Gasteiger partial charge on any atom is 0.272 e. The van der Waals surface area contributed by atoms with Crippen molar-refractivity contribution in [2.45, 2.75) is 45.6 Å². The highest BCUT2D eigenvalue weighted by molar-refractivity contribution is 5.98. The van der Waals surface area contributed by atoms with Crippen LogP contribution in [0.15, 0.2) is 60.3 Å². The predicted octanol–water partition coefficient (Wildman–Crippen LogP) is 4.36. The Hall–Kier alpha value is -2.95. The second kappa shape index (κ2) is 10.6. The van der Waals surface area contributed by atoms with Gasteiger partial charge in [-0.2, -0.15) is 0 Å². The number of benzene rings is 1. The predicted molar refractivity (Wildman–Crippen MR) is 115 cm³/mol. The van der Waals surface area contributed by atoms with Crippen LogP contribution in [-0.2, 0) is 6.54 Å². The first-order valence-corrected chi connectivity index (χ1v) is 10.4. The molecule has 0 saturated carbocycles. The van der Waals surface area contributed by atoms with Crippen LogP contribution in [0.1, 0.15) is 65.4 Å². The molecule has 29 heavy (non-hydrogen) atoms. The molecule has 152 valence electrons. The molecule has 5 heteroatoms. The number of aromatic nitrogens is 1. The van der Waals surface area contributed by atoms with Crippen molar-refractivity contribution >= 4 is 11.8 Å². The van der Waals surface area contributed by atoms with Gasteiger partial charge in [0, 0.05) is 31.4 Å². The Morgan fingerprint density at radius 1 is 1.14 bits per heavy atom. The third kappa shape index (κ3) is 6.01. The Labute approximate surface area is 172 Å². The molecule has 1 aromatic heterocycles. The van der Waals surface area contributed by atoms with Crippen LogP contribution in [-0.4, -0.2) is 34.8 Å². The van der Waals surface area contributed by atoms with E-state index < -0.39 is 0 Å². The lowest BCUT2D eigenvalue weighted by atomic mass is 9.97. The van der Waals surface area contributed by atoms with E-state index in [4.69, 9.17) is 0 Å². The van der Waals surface area contributed by atoms with Crippen molar-refractivity contribution in [1.82, 2.24) is 15.2 Å². The van der Waals surface area contributed by atoms with Crippen molar-refractivity contribution in [2.24, 2.45) is 0 Å². The summed E-state index contributed by atoms with van der Waals surface area (Å²) < 4.78 is 0. The fraction of sp³-hybridized carbons (Fsp3) is 0.375. The molecule has 1 aliphatic rings. The average Bonchev–Trinajstić information content (AvgIpc) is 2.78. The summed E-state index contributed by atoms with van der Waals surface area (Å²) in [6.07, 6.45) is 9.51. The molecule has 0 unspecified atom stereocenters. The minimum Gasteiger partial charge on any atom is -0.352 e. The number of carbonyl (C=O) groups excluding carboxylic acids is 2. The SMILES string of the molecule is CCN(Cc1ccccc1)C(=O)c1cc(C(=O)NCCC2=CCCCC2)ccn1. The van der Waals surface area contributed by atoms with Gasteiger partial charge in [0.2, 0.25) is 0 Å². The third-order valence-corrected chi connectivity index (χ3v) is 5.24. The number of hydrogen-bond donors (Lipinski definition) is 1. The largest absolute Gasteiger partial charge is 0.352 e. The molecule has 0 radical (unpaired) electrons. The molecule has 0 bridgehead atoms. The Morgan fingerprint density at radius 2 is 1.97 bits per heavy atom. The highest BCUT2D eigenvalue weighted by Gasteiger charge is 2.18. The van der Waals surface area contributed by atoms with Gasteiger partial charge in [-0.05, 0) is 56.7 Å². The minimum absolute atomic E-state index is 0.163. The number of hydrogen-bond acceptors (Lipinski definition) is 3. The molecule has 5 nitrogen and oxygen atoms in total. The van der Waals surface area contributed by atoms with Gasteiger partial charge in [0.25, 0.3) is 11.8 Å². The van der Waals surface area contributed by atoms with Gasteiger partial charge in [-0.25, -0.2) is 0 Å². The lowest BCUT2D eigenvalue weighted by molar-refractivity contribution is 0.0746. The third-order valence-electron chi connectivity index (χ3n) is 5.24. The number of rotatable bonds is 8. The summed E-state index contributed by atoms with van der Waals surface area (Å²) >= 11 is 0. The van der Waals surface area contributed by atoms with E-state index in [-0.39, 0.29) is 11.8 Å². The van der Waals surface area contributed by atoms with Gasteiger partial charge in [0.1, 0.15) is 5.69 Å². The topological polar surface area (TPSA) is 62.3 Å². The average molecular weight is 392 g/mol. The second-order valence-corrected chi connectivity index (χ2v) is 7.35. The molecule has 0 aliphatic heterocycles. The minimum atomic E-state index is -0.168. The number of allylic oxidation sites excluding steroid dienone is 1. The smallest absolute Gasteiger partial charge is 0.272 e. The van der Waals surface area contributed by atoms with E-state index in [9.17, 15) is 9.59 Å². The number of amides is 2. The van der Waals surface area contributed by atoms with Gasteiger partial charge in [-0.3, -0.25) is 14.6 Å². The van der Waals surface area contributed by atoms with Crippen LogP contribution in [0.4, 0.5) is 0 Å². The van der Waals surface area contributed by atoms with Gasteiger partial charge in [-0.1, -0.05) is 42.0 Å². The van der Waals surface area contributed by atoms with Crippen molar-refractivity contribution in [3.63, 3.8) is 0 Å². The van der Waals surface area contributed by atoms with E-state index >= 15 is 0 Å². The first-order valence-electron chi connectivity index (χ1n) is 10.4. The van der Waals surface area contributed by atoms with Gasteiger partial charge >= 0.3 is 0 Å². The van der Waals surface area contributed by atoms with Crippen molar-refractivity contribution in [2.75, 3.05) is 13.1 Å². The fourth-order valence-electron chi connectivity index (χ4n) is 3.55. The highest BCUT2D eigenvalue weighted by atomic mass is 16.2. The zero-order valence-electron chi connectivity index (χ0n) is 17.1. The molecular weight excluding hydrogens is 362 g/mol. The summed E-state index contributed by atoms with van der Waals surface area (Å²) in [7, 11) is 0. The van der Waals surface area contributed by atoms with Crippen LogP contribution in [0.2, 0.25) is 0 Å². The molecule has 0 spiro atoms. The zero-order chi connectivity index (χ0) is 20.5. The Balaban J connectivity index is 1.60. The summed E-state index contributed by atoms with van der Waals surface area (Å²) in [4.78, 5) is 31.3. The summed E-state index contributed by atoms with van der Waals surface area (Å²) in [5.41, 5.74) is 3.26. The molecule has 2 amide bonds. The molecule has 0 fully saturated rings. The van der Waals surface area contributed by atoms with Crippen LogP contribution in [0.25, 0.3) is 0 Å². The van der Waals surface area contributed by atoms with Crippen LogP contribution in [0.3, 0.4) is 0 Å². The van der Waals surface area contributed by atoms with Crippen molar-refractivity contribution < 1.29 is 9.59 Å². The van der Waals surface area contributed by atoms with Crippen molar-refractivity contribution in [3.8, 4) is 0 Å². The molecule has 2 aromatic rings. The summed E-state index contributed by atoms with van der Waals surface area (Å²) in [5.74, 6) is -0.331. The number of carbonyl (C=O) groups is 2. The van der Waals surface area contributed by atoms with Crippen molar-refractivity contribution in [3.05, 3.63) is 77.1 Å². The maximum absolute atomic E-state index is 12.9. The normalized spacial score (nSPS) is 13.5. The molecule has 0 atom stereocenters. The fourth-order valence-corrected chi connectivity index (χ4v) is 3.55. The van der Waals surface area contributed by atoms with E-state index in [2.05, 4.69) is 16.4 Å². The van der Waals surface area contributed by atoms with Crippen LogP contribution >= 0.6 is 0 Å². The lowest BCUT2D eigenvalue weighted by Gasteiger charge is -2.20. The standard InChI is InChI=1S/C24H29N3O2/c1-2-27(18-20-11-7-4-8-12-20)24(29)22-17-21(14-16-25-22)23(28)26-15-13-19-9-5-3-6-10-19/h4,7-9,11-12,14,16-17H,2-3,5-6,10,13,15,18H2,1H3,(H,26,28). The molecule has 1 heterocycles. The van der Waals surface area contributed by atoms with E-state index in [1.54, 1.807) is 17.0 Å². The van der Waals surface area contributed by atoms with E-state index in [1.807, 2.05) is 37.3 Å². The number of pyridine rings is 1. The van der Waals surface area contributed by atoms with Gasteiger partial charge in [0.15, 0.2) is 0 Å². The van der Waals surface area contributed by atoms with Gasteiger partial charge in [0.05, 0.1) is 0 Å². The molecule has 1 aliphatic carbocycles. The first-order chi connectivity index (χ1) is 14.2. The Kier molecular flexibility index (Phi) is 7.56. The van der Waals surface area contributed by atoms with E-state index in [1.165, 1.54) is 24.6 Å². The van der Waals surface area contributed by atoms with Crippen LogP contribution in [0.5, 0.6) is 0 Å². The van der Waals surface area contributed by atoms with E-state index in [0.29, 0.717) is 30.9 Å². The maximum atomic E-state index is 12.9. The van der Waals surface area contributed by atoms with Crippen molar-refractivity contribution in [1.29, 1.82) is 0 Å².